The Morgan fingerprint density at radius 1 is 1.43 bits per heavy atom. The van der Waals surface area contributed by atoms with E-state index in [-0.39, 0.29) is 0 Å². The molecule has 0 saturated heterocycles. The van der Waals surface area contributed by atoms with Crippen LogP contribution in [0, 0.1) is 0 Å². The van der Waals surface area contributed by atoms with Crippen LogP contribution in [0.3, 0.4) is 0 Å². The van der Waals surface area contributed by atoms with E-state index >= 15 is 0 Å². The lowest BCUT2D eigenvalue weighted by molar-refractivity contribution is 0.283. The third-order valence-electron chi connectivity index (χ3n) is 2.27. The monoisotopic (exact) mass is 196 g/mol. The van der Waals surface area contributed by atoms with Crippen molar-refractivity contribution in [3.63, 3.8) is 0 Å². The largest absolute Gasteiger partial charge is 0.396 e. The van der Waals surface area contributed by atoms with Gasteiger partial charge in [0.2, 0.25) is 0 Å². The van der Waals surface area contributed by atoms with E-state index in [4.69, 9.17) is 5.11 Å². The van der Waals surface area contributed by atoms with Crippen LogP contribution < -0.4 is 5.32 Å². The number of aryl methyl sites for hydroxylation is 1. The zero-order valence-corrected chi connectivity index (χ0v) is 8.87. The molecule has 0 amide bonds. The summed E-state index contributed by atoms with van der Waals surface area (Å²) in [6.45, 7) is 5.38. The van der Waals surface area contributed by atoms with Crippen molar-refractivity contribution in [2.45, 2.75) is 32.9 Å². The Morgan fingerprint density at radius 3 is 2.93 bits per heavy atom. The number of aromatic nitrogens is 1. The van der Waals surface area contributed by atoms with Crippen molar-refractivity contribution >= 4 is 0 Å². The summed E-state index contributed by atoms with van der Waals surface area (Å²) in [5.74, 6) is 0. The Balaban J connectivity index is 2.12. The summed E-state index contributed by atoms with van der Waals surface area (Å²) in [5.41, 5.74) is 1.33. The number of hydrogen-bond donors (Lipinski definition) is 2. The van der Waals surface area contributed by atoms with E-state index in [0.717, 1.165) is 32.5 Å². The van der Waals surface area contributed by atoms with Gasteiger partial charge in [0.1, 0.15) is 0 Å². The Morgan fingerprint density at radius 2 is 2.29 bits per heavy atom. The van der Waals surface area contributed by atoms with Gasteiger partial charge in [-0.15, -0.1) is 0 Å². The molecule has 80 valence electrons. The highest BCUT2D eigenvalue weighted by atomic mass is 16.2. The maximum atomic E-state index is 8.59. The van der Waals surface area contributed by atoms with Gasteiger partial charge < -0.3 is 15.0 Å². The van der Waals surface area contributed by atoms with Crippen LogP contribution >= 0.6 is 0 Å². The Kier molecular flexibility index (Phi) is 5.33. The smallest absolute Gasteiger partial charge is 0.0431 e. The molecule has 3 heteroatoms. The van der Waals surface area contributed by atoms with Crippen LogP contribution in [-0.2, 0) is 13.1 Å². The zero-order chi connectivity index (χ0) is 10.2. The first kappa shape index (κ1) is 11.3. The second kappa shape index (κ2) is 6.62. The molecule has 0 spiro atoms. The second-order valence-corrected chi connectivity index (χ2v) is 3.46. The number of nitrogens with zero attached hydrogens (tertiary/aromatic N) is 1. The third-order valence-corrected chi connectivity index (χ3v) is 2.27. The number of aliphatic hydroxyl groups is 1. The average molecular weight is 196 g/mol. The fourth-order valence-electron chi connectivity index (χ4n) is 1.39. The molecule has 0 aliphatic rings. The lowest BCUT2D eigenvalue weighted by Crippen LogP contribution is -2.14. The summed E-state index contributed by atoms with van der Waals surface area (Å²) >= 11 is 0. The van der Waals surface area contributed by atoms with Gasteiger partial charge in [0.15, 0.2) is 0 Å². The number of nitrogens with one attached hydrogen (secondary N) is 1. The lowest BCUT2D eigenvalue weighted by atomic mass is 10.3. The number of aliphatic hydroxyl groups excluding tert-OH is 1. The standard InChI is InChI=1S/C11H20N2O/c1-2-13-7-5-11(10-13)9-12-6-3-4-8-14/h5,7,10,12,14H,2-4,6,8-9H2,1H3. The summed E-state index contributed by atoms with van der Waals surface area (Å²) < 4.78 is 2.17. The van der Waals surface area contributed by atoms with Crippen LogP contribution in [-0.4, -0.2) is 22.8 Å². The molecule has 0 radical (unpaired) electrons. The molecule has 1 rings (SSSR count). The van der Waals surface area contributed by atoms with Crippen molar-refractivity contribution in [2.75, 3.05) is 13.2 Å². The van der Waals surface area contributed by atoms with E-state index in [1.165, 1.54) is 5.56 Å². The first-order valence-electron chi connectivity index (χ1n) is 5.33. The predicted molar refractivity (Wildman–Crippen MR) is 58.1 cm³/mol. The van der Waals surface area contributed by atoms with Crippen molar-refractivity contribution in [1.29, 1.82) is 0 Å². The first-order chi connectivity index (χ1) is 6.86. The summed E-state index contributed by atoms with van der Waals surface area (Å²) in [7, 11) is 0. The van der Waals surface area contributed by atoms with Gasteiger partial charge in [-0.1, -0.05) is 0 Å². The van der Waals surface area contributed by atoms with Crippen LogP contribution in [0.1, 0.15) is 25.3 Å². The topological polar surface area (TPSA) is 37.2 Å². The predicted octanol–water partition coefficient (Wildman–Crippen LogP) is 1.37. The summed E-state index contributed by atoms with van der Waals surface area (Å²) in [4.78, 5) is 0. The molecule has 0 bridgehead atoms. The molecule has 1 heterocycles. The maximum absolute atomic E-state index is 8.59. The Hall–Kier alpha value is -0.800. The molecule has 0 aliphatic heterocycles. The van der Waals surface area contributed by atoms with Crippen LogP contribution in [0.15, 0.2) is 18.5 Å². The van der Waals surface area contributed by atoms with Gasteiger partial charge in [0, 0.05) is 32.1 Å². The summed E-state index contributed by atoms with van der Waals surface area (Å²) in [5, 5.41) is 11.9. The second-order valence-electron chi connectivity index (χ2n) is 3.46. The van der Waals surface area contributed by atoms with Crippen molar-refractivity contribution < 1.29 is 5.11 Å². The third kappa shape index (κ3) is 3.94. The van der Waals surface area contributed by atoms with E-state index in [2.05, 4.69) is 35.3 Å². The van der Waals surface area contributed by atoms with Crippen molar-refractivity contribution in [3.8, 4) is 0 Å². The fourth-order valence-corrected chi connectivity index (χ4v) is 1.39. The van der Waals surface area contributed by atoms with E-state index in [1.807, 2.05) is 0 Å². The quantitative estimate of drug-likeness (QED) is 0.646. The minimum atomic E-state index is 0.299. The van der Waals surface area contributed by atoms with Gasteiger partial charge in [-0.25, -0.2) is 0 Å². The molecule has 3 nitrogen and oxygen atoms in total. The number of rotatable bonds is 7. The molecule has 14 heavy (non-hydrogen) atoms. The number of unbranched alkanes of at least 4 members (excludes halogenated alkanes) is 1. The van der Waals surface area contributed by atoms with E-state index in [9.17, 15) is 0 Å². The SMILES string of the molecule is CCn1ccc(CNCCCCO)c1. The van der Waals surface area contributed by atoms with E-state index in [1.54, 1.807) is 0 Å². The van der Waals surface area contributed by atoms with Crippen LogP contribution in [0.4, 0.5) is 0 Å². The highest BCUT2D eigenvalue weighted by molar-refractivity contribution is 5.09. The van der Waals surface area contributed by atoms with Crippen LogP contribution in [0.25, 0.3) is 0 Å². The van der Waals surface area contributed by atoms with E-state index in [0.29, 0.717) is 6.61 Å². The van der Waals surface area contributed by atoms with Crippen LogP contribution in [0.5, 0.6) is 0 Å². The average Bonchev–Trinajstić information content (AvgIpc) is 2.65. The highest BCUT2D eigenvalue weighted by Gasteiger charge is 1.94. The normalized spacial score (nSPS) is 10.7. The summed E-state index contributed by atoms with van der Waals surface area (Å²) in [6, 6.07) is 2.14. The first-order valence-corrected chi connectivity index (χ1v) is 5.33. The molecule has 1 aromatic rings. The molecular formula is C11H20N2O. The van der Waals surface area contributed by atoms with Gasteiger partial charge >= 0.3 is 0 Å². The van der Waals surface area contributed by atoms with Gasteiger partial charge in [-0.05, 0) is 37.9 Å². The minimum absolute atomic E-state index is 0.299. The molecule has 1 aromatic heterocycles. The van der Waals surface area contributed by atoms with Gasteiger partial charge in [-0.2, -0.15) is 0 Å². The summed E-state index contributed by atoms with van der Waals surface area (Å²) in [6.07, 6.45) is 6.21. The molecule has 0 saturated carbocycles. The van der Waals surface area contributed by atoms with Crippen molar-refractivity contribution in [1.82, 2.24) is 9.88 Å². The lowest BCUT2D eigenvalue weighted by Gasteiger charge is -2.01. The van der Waals surface area contributed by atoms with Gasteiger partial charge in [0.05, 0.1) is 0 Å². The van der Waals surface area contributed by atoms with Crippen LogP contribution in [0.2, 0.25) is 0 Å². The Labute approximate surface area is 85.7 Å². The highest BCUT2D eigenvalue weighted by Crippen LogP contribution is 2.00. The molecule has 2 N–H and O–H groups in total. The van der Waals surface area contributed by atoms with E-state index < -0.39 is 0 Å². The Bertz CT molecular complexity index is 245. The van der Waals surface area contributed by atoms with Crippen molar-refractivity contribution in [2.24, 2.45) is 0 Å². The zero-order valence-electron chi connectivity index (χ0n) is 8.87. The van der Waals surface area contributed by atoms with Crippen molar-refractivity contribution in [3.05, 3.63) is 24.0 Å². The van der Waals surface area contributed by atoms with Gasteiger partial charge in [0.25, 0.3) is 0 Å². The molecule has 0 aliphatic carbocycles. The molecule has 0 unspecified atom stereocenters. The molecule has 0 atom stereocenters. The minimum Gasteiger partial charge on any atom is -0.396 e. The number of hydrogen-bond acceptors (Lipinski definition) is 2. The molecule has 0 fully saturated rings. The molecular weight excluding hydrogens is 176 g/mol. The van der Waals surface area contributed by atoms with Gasteiger partial charge in [-0.3, -0.25) is 0 Å². The fraction of sp³-hybridized carbons (Fsp3) is 0.636. The molecule has 0 aromatic carbocycles. The maximum Gasteiger partial charge on any atom is 0.0431 e.